The molecule has 0 aliphatic heterocycles. The molecule has 5 rings (SSSR count). The summed E-state index contributed by atoms with van der Waals surface area (Å²) in [4.78, 5) is 18.0. The van der Waals surface area contributed by atoms with Crippen LogP contribution < -0.4 is 9.47 Å². The van der Waals surface area contributed by atoms with Gasteiger partial charge in [-0.15, -0.1) is 0 Å². The Morgan fingerprint density at radius 2 is 1.74 bits per heavy atom. The standard InChI is InChI=1S/C25H23N3O3/c1-15-19-14-20-21(26-25(19)28(27-15)18-7-5-4-6-8-18)11-17(12-22(20)29)16-9-10-23(30-2)24(13-16)31-3/h4-10,13-14,17H,11-12H2,1-3H3/t17-/m0/s1. The number of hydrogen-bond donors (Lipinski definition) is 0. The lowest BCUT2D eigenvalue weighted by Gasteiger charge is -2.24. The highest BCUT2D eigenvalue weighted by molar-refractivity contribution is 6.01. The highest BCUT2D eigenvalue weighted by Crippen LogP contribution is 2.37. The lowest BCUT2D eigenvalue weighted by atomic mass is 9.81. The van der Waals surface area contributed by atoms with E-state index in [2.05, 4.69) is 5.10 Å². The summed E-state index contributed by atoms with van der Waals surface area (Å²) in [6, 6.07) is 17.8. The van der Waals surface area contributed by atoms with Gasteiger partial charge in [0.25, 0.3) is 0 Å². The Labute approximate surface area is 180 Å². The molecule has 0 spiro atoms. The largest absolute Gasteiger partial charge is 0.493 e. The van der Waals surface area contributed by atoms with Crippen molar-refractivity contribution in [2.24, 2.45) is 0 Å². The van der Waals surface area contributed by atoms with Crippen LogP contribution in [0.2, 0.25) is 0 Å². The summed E-state index contributed by atoms with van der Waals surface area (Å²) < 4.78 is 12.7. The van der Waals surface area contributed by atoms with Crippen LogP contribution in [0.15, 0.2) is 54.6 Å². The van der Waals surface area contributed by atoms with E-state index in [9.17, 15) is 4.79 Å². The number of aryl methyl sites for hydroxylation is 1. The van der Waals surface area contributed by atoms with Gasteiger partial charge in [-0.2, -0.15) is 5.10 Å². The van der Waals surface area contributed by atoms with Gasteiger partial charge in [0.2, 0.25) is 0 Å². The van der Waals surface area contributed by atoms with E-state index < -0.39 is 0 Å². The van der Waals surface area contributed by atoms with Crippen molar-refractivity contribution in [2.45, 2.75) is 25.7 Å². The Morgan fingerprint density at radius 3 is 2.48 bits per heavy atom. The summed E-state index contributed by atoms with van der Waals surface area (Å²) >= 11 is 0. The Hall–Kier alpha value is -3.67. The molecule has 0 fully saturated rings. The molecule has 0 N–H and O–H groups in total. The topological polar surface area (TPSA) is 66.2 Å². The molecule has 0 amide bonds. The number of fused-ring (bicyclic) bond motifs is 2. The Kier molecular flexibility index (Phi) is 4.70. The van der Waals surface area contributed by atoms with E-state index >= 15 is 0 Å². The van der Waals surface area contributed by atoms with Crippen molar-refractivity contribution >= 4 is 16.8 Å². The van der Waals surface area contributed by atoms with E-state index in [4.69, 9.17) is 14.5 Å². The van der Waals surface area contributed by atoms with Crippen molar-refractivity contribution in [3.63, 3.8) is 0 Å². The molecule has 1 atom stereocenters. The number of ether oxygens (including phenoxy) is 2. The predicted octanol–water partition coefficient (Wildman–Crippen LogP) is 4.66. The van der Waals surface area contributed by atoms with Crippen LogP contribution in [0.4, 0.5) is 0 Å². The second kappa shape index (κ2) is 7.54. The van der Waals surface area contributed by atoms with Crippen molar-refractivity contribution in [2.75, 3.05) is 14.2 Å². The molecule has 6 nitrogen and oxygen atoms in total. The second-order valence-electron chi connectivity index (χ2n) is 7.83. The van der Waals surface area contributed by atoms with Crippen LogP contribution in [0.25, 0.3) is 16.7 Å². The van der Waals surface area contributed by atoms with E-state index in [0.717, 1.165) is 33.7 Å². The highest BCUT2D eigenvalue weighted by atomic mass is 16.5. The maximum atomic E-state index is 13.1. The monoisotopic (exact) mass is 413 g/mol. The first-order valence-corrected chi connectivity index (χ1v) is 10.3. The minimum absolute atomic E-state index is 0.0407. The molecule has 31 heavy (non-hydrogen) atoms. The summed E-state index contributed by atoms with van der Waals surface area (Å²) in [5, 5.41) is 5.60. The zero-order chi connectivity index (χ0) is 21.5. The molecule has 4 aromatic rings. The first-order chi connectivity index (χ1) is 15.1. The van der Waals surface area contributed by atoms with Crippen molar-refractivity contribution in [3.05, 3.63) is 77.1 Å². The lowest BCUT2D eigenvalue weighted by molar-refractivity contribution is 0.0963. The number of aromatic nitrogens is 3. The lowest BCUT2D eigenvalue weighted by Crippen LogP contribution is -2.20. The fourth-order valence-electron chi connectivity index (χ4n) is 4.35. The number of pyridine rings is 1. The Balaban J connectivity index is 1.59. The number of carbonyl (C=O) groups excluding carboxylic acids is 1. The van der Waals surface area contributed by atoms with E-state index in [1.807, 2.05) is 66.2 Å². The van der Waals surface area contributed by atoms with Gasteiger partial charge >= 0.3 is 0 Å². The fourth-order valence-corrected chi connectivity index (χ4v) is 4.35. The van der Waals surface area contributed by atoms with Crippen molar-refractivity contribution in [3.8, 4) is 17.2 Å². The van der Waals surface area contributed by atoms with Crippen LogP contribution in [0.1, 0.15) is 39.6 Å². The SMILES string of the molecule is COc1ccc([C@@H]2CC(=O)c3cc4c(C)nn(-c5ccccc5)c4nc3C2)cc1OC. The third-order valence-electron chi connectivity index (χ3n) is 5.97. The third-order valence-corrected chi connectivity index (χ3v) is 5.97. The predicted molar refractivity (Wildman–Crippen MR) is 119 cm³/mol. The first kappa shape index (κ1) is 19.3. The first-order valence-electron chi connectivity index (χ1n) is 10.3. The summed E-state index contributed by atoms with van der Waals surface area (Å²) in [7, 11) is 3.24. The molecule has 1 aliphatic carbocycles. The number of hydrogen-bond acceptors (Lipinski definition) is 5. The minimum atomic E-state index is 0.0407. The zero-order valence-electron chi connectivity index (χ0n) is 17.8. The van der Waals surface area contributed by atoms with Crippen LogP contribution in [-0.2, 0) is 6.42 Å². The molecule has 2 heterocycles. The van der Waals surface area contributed by atoms with Gasteiger partial charge in [0, 0.05) is 17.4 Å². The number of ketones is 1. The number of nitrogens with zero attached hydrogens (tertiary/aromatic N) is 3. The molecule has 0 saturated heterocycles. The molecule has 0 radical (unpaired) electrons. The normalized spacial score (nSPS) is 15.7. The maximum Gasteiger partial charge on any atom is 0.165 e. The van der Waals surface area contributed by atoms with Crippen molar-refractivity contribution in [1.82, 2.24) is 14.8 Å². The number of carbonyl (C=O) groups is 1. The molecule has 6 heteroatoms. The average Bonchev–Trinajstić information content (AvgIpc) is 3.13. The van der Waals surface area contributed by atoms with Crippen LogP contribution >= 0.6 is 0 Å². The molecule has 156 valence electrons. The van der Waals surface area contributed by atoms with Gasteiger partial charge < -0.3 is 9.47 Å². The van der Waals surface area contributed by atoms with Gasteiger partial charge in [-0.25, -0.2) is 9.67 Å². The maximum absolute atomic E-state index is 13.1. The molecule has 0 bridgehead atoms. The summed E-state index contributed by atoms with van der Waals surface area (Å²) in [5.74, 6) is 1.50. The fraction of sp³-hybridized carbons (Fsp3) is 0.240. The van der Waals surface area contributed by atoms with Gasteiger partial charge in [-0.1, -0.05) is 24.3 Å². The van der Waals surface area contributed by atoms with Gasteiger partial charge in [-0.05, 0) is 55.2 Å². The van der Waals surface area contributed by atoms with E-state index in [-0.39, 0.29) is 11.7 Å². The number of Topliss-reactive ketones (excluding diaryl/α,β-unsaturated/α-hetero) is 1. The van der Waals surface area contributed by atoms with Gasteiger partial charge in [0.05, 0.1) is 31.3 Å². The van der Waals surface area contributed by atoms with Crippen LogP contribution in [0.5, 0.6) is 11.5 Å². The minimum Gasteiger partial charge on any atom is -0.493 e. The van der Waals surface area contributed by atoms with E-state index in [0.29, 0.717) is 29.9 Å². The molecule has 1 aliphatic rings. The van der Waals surface area contributed by atoms with E-state index in [1.165, 1.54) is 0 Å². The smallest absolute Gasteiger partial charge is 0.165 e. The summed E-state index contributed by atoms with van der Waals surface area (Å²) in [6.07, 6.45) is 1.13. The van der Waals surface area contributed by atoms with Crippen molar-refractivity contribution < 1.29 is 14.3 Å². The molecular weight excluding hydrogens is 390 g/mol. The Morgan fingerprint density at radius 1 is 0.968 bits per heavy atom. The average molecular weight is 413 g/mol. The quantitative estimate of drug-likeness (QED) is 0.487. The number of rotatable bonds is 4. The van der Waals surface area contributed by atoms with Crippen LogP contribution in [-0.4, -0.2) is 34.8 Å². The Bertz CT molecular complexity index is 1290. The van der Waals surface area contributed by atoms with Gasteiger partial charge in [0.1, 0.15) is 0 Å². The van der Waals surface area contributed by atoms with Crippen molar-refractivity contribution in [1.29, 1.82) is 0 Å². The van der Waals surface area contributed by atoms with Crippen LogP contribution in [0, 0.1) is 6.92 Å². The zero-order valence-corrected chi connectivity index (χ0v) is 17.8. The summed E-state index contributed by atoms with van der Waals surface area (Å²) in [6.45, 7) is 1.95. The number of methoxy groups -OCH3 is 2. The summed E-state index contributed by atoms with van der Waals surface area (Å²) in [5.41, 5.74) is 5.17. The van der Waals surface area contributed by atoms with E-state index in [1.54, 1.807) is 14.2 Å². The van der Waals surface area contributed by atoms with Gasteiger partial charge in [-0.3, -0.25) is 4.79 Å². The number of benzene rings is 2. The van der Waals surface area contributed by atoms with Crippen LogP contribution in [0.3, 0.4) is 0 Å². The molecule has 2 aromatic heterocycles. The molecular formula is C25H23N3O3. The van der Waals surface area contributed by atoms with Gasteiger partial charge in [0.15, 0.2) is 22.9 Å². The third kappa shape index (κ3) is 3.24. The second-order valence-corrected chi connectivity index (χ2v) is 7.83. The molecule has 2 aromatic carbocycles. The number of para-hydroxylation sites is 1. The molecule has 0 saturated carbocycles. The molecule has 0 unspecified atom stereocenters. The highest BCUT2D eigenvalue weighted by Gasteiger charge is 2.29.